The number of methoxy groups -OCH3 is 1. The predicted molar refractivity (Wildman–Crippen MR) is 225 cm³/mol. The van der Waals surface area contributed by atoms with Crippen LogP contribution in [0.25, 0.3) is 16.6 Å². The van der Waals surface area contributed by atoms with Crippen LogP contribution in [0.2, 0.25) is 18.6 Å². The number of aromatic nitrogens is 2. The zero-order valence-electron chi connectivity index (χ0n) is 33.8. The van der Waals surface area contributed by atoms with E-state index in [-0.39, 0.29) is 47.9 Å². The smallest absolute Gasteiger partial charge is 0.279 e. The lowest BCUT2D eigenvalue weighted by molar-refractivity contribution is -0.149. The molecule has 2 saturated heterocycles. The van der Waals surface area contributed by atoms with Crippen molar-refractivity contribution in [2.45, 2.75) is 96.2 Å². The minimum Gasteiger partial charge on any atom is -0.497 e. The fraction of sp³-hybridized carbons (Fsp3) is 0.444. The third kappa shape index (κ3) is 6.88. The van der Waals surface area contributed by atoms with Gasteiger partial charge in [0.2, 0.25) is 5.91 Å². The molecule has 3 aliphatic rings. The molecule has 4 heterocycles. The summed E-state index contributed by atoms with van der Waals surface area (Å²) in [6, 6.07) is 21.2. The minimum absolute atomic E-state index is 0.0591. The molecule has 2 N–H and O–H groups in total. The summed E-state index contributed by atoms with van der Waals surface area (Å²) in [4.78, 5) is 47.0. The third-order valence-electron chi connectivity index (χ3n) is 12.7. The summed E-state index contributed by atoms with van der Waals surface area (Å²) in [7, 11) is -0.872. The SMILES string of the molecule is COc1ccc([Si](C)(C)[C@H]2[C@H](CC(=O)N3CCC[C@H]3CO)O[C@@]3(C(=O)N(C/C=C(\C)CCC=C(C)C)c4ccc(-n5[nH]c6ccccc6c5=O)cc43)[C@@H]2C)cc1. The van der Waals surface area contributed by atoms with Crippen LogP contribution in [0.4, 0.5) is 5.69 Å². The fourth-order valence-electron chi connectivity index (χ4n) is 9.64. The van der Waals surface area contributed by atoms with E-state index in [0.29, 0.717) is 29.7 Å². The number of allylic oxidation sites excluding steroid dienone is 3. The summed E-state index contributed by atoms with van der Waals surface area (Å²) in [6.07, 6.45) is 7.32. The van der Waals surface area contributed by atoms with E-state index >= 15 is 4.79 Å². The van der Waals surface area contributed by atoms with E-state index < -0.39 is 19.8 Å². The zero-order valence-corrected chi connectivity index (χ0v) is 34.8. The van der Waals surface area contributed by atoms with Gasteiger partial charge in [0.1, 0.15) is 5.75 Å². The first-order valence-corrected chi connectivity index (χ1v) is 23.1. The Morgan fingerprint density at radius 1 is 1.05 bits per heavy atom. The van der Waals surface area contributed by atoms with E-state index in [9.17, 15) is 14.7 Å². The highest BCUT2D eigenvalue weighted by molar-refractivity contribution is 6.91. The molecule has 11 heteroatoms. The van der Waals surface area contributed by atoms with Crippen LogP contribution in [-0.2, 0) is 19.9 Å². The van der Waals surface area contributed by atoms with Crippen molar-refractivity contribution in [1.82, 2.24) is 14.7 Å². The van der Waals surface area contributed by atoms with Crippen molar-refractivity contribution in [3.8, 4) is 11.4 Å². The summed E-state index contributed by atoms with van der Waals surface area (Å²) in [5.74, 6) is 0.227. The number of aliphatic hydroxyl groups is 1. The van der Waals surface area contributed by atoms with E-state index in [4.69, 9.17) is 9.47 Å². The van der Waals surface area contributed by atoms with E-state index in [1.165, 1.54) is 21.0 Å². The number of likely N-dealkylation sites (tertiary alicyclic amines) is 1. The van der Waals surface area contributed by atoms with Crippen molar-refractivity contribution >= 4 is 41.7 Å². The lowest BCUT2D eigenvalue weighted by atomic mass is 9.82. The van der Waals surface area contributed by atoms with Crippen molar-refractivity contribution in [3.05, 3.63) is 106 Å². The van der Waals surface area contributed by atoms with Gasteiger partial charge in [-0.05, 0) is 94.5 Å². The Bertz CT molecular complexity index is 2230. The maximum Gasteiger partial charge on any atom is 0.279 e. The number of carbonyl (C=O) groups excluding carboxylic acids is 2. The van der Waals surface area contributed by atoms with Gasteiger partial charge in [-0.15, -0.1) is 0 Å². The van der Waals surface area contributed by atoms with Crippen molar-refractivity contribution in [3.63, 3.8) is 0 Å². The highest BCUT2D eigenvalue weighted by Crippen LogP contribution is 2.60. The minimum atomic E-state index is -2.53. The maximum absolute atomic E-state index is 15.4. The molecular formula is C45H56N4O6Si. The molecule has 4 aromatic rings. The van der Waals surface area contributed by atoms with Crippen LogP contribution in [0.5, 0.6) is 5.75 Å². The third-order valence-corrected chi connectivity index (χ3v) is 17.0. The number of aliphatic hydroxyl groups excluding tert-OH is 1. The van der Waals surface area contributed by atoms with Crippen LogP contribution in [-0.4, -0.2) is 78.6 Å². The van der Waals surface area contributed by atoms with Gasteiger partial charge in [0.05, 0.1) is 62.6 Å². The van der Waals surface area contributed by atoms with E-state index in [1.54, 1.807) is 18.1 Å². The molecule has 1 spiro atoms. The number of H-pyrrole nitrogens is 1. The zero-order chi connectivity index (χ0) is 39.9. The van der Waals surface area contributed by atoms with Gasteiger partial charge in [-0.25, -0.2) is 4.68 Å². The molecule has 2 amide bonds. The van der Waals surface area contributed by atoms with Gasteiger partial charge in [-0.1, -0.05) is 72.8 Å². The number of nitrogens with one attached hydrogen (secondary N) is 1. The molecule has 3 aliphatic heterocycles. The number of benzene rings is 3. The van der Waals surface area contributed by atoms with Gasteiger partial charge in [0.25, 0.3) is 11.5 Å². The number of hydrogen-bond acceptors (Lipinski definition) is 6. The Hall–Kier alpha value is -4.71. The number of aromatic amines is 1. The first-order chi connectivity index (χ1) is 26.8. The molecule has 0 bridgehead atoms. The van der Waals surface area contributed by atoms with Crippen LogP contribution in [0.1, 0.15) is 65.4 Å². The van der Waals surface area contributed by atoms with Gasteiger partial charge >= 0.3 is 0 Å². The lowest BCUT2D eigenvalue weighted by Gasteiger charge is -2.37. The van der Waals surface area contributed by atoms with Crippen LogP contribution >= 0.6 is 0 Å². The Kier molecular flexibility index (Phi) is 11.1. The molecule has 2 fully saturated rings. The number of fused-ring (bicyclic) bond motifs is 3. The van der Waals surface area contributed by atoms with Gasteiger partial charge < -0.3 is 24.4 Å². The van der Waals surface area contributed by atoms with Gasteiger partial charge in [-0.3, -0.25) is 19.5 Å². The second kappa shape index (κ2) is 15.7. The Morgan fingerprint density at radius 3 is 2.50 bits per heavy atom. The summed E-state index contributed by atoms with van der Waals surface area (Å²) < 4.78 is 14.4. The van der Waals surface area contributed by atoms with E-state index in [2.05, 4.69) is 70.2 Å². The molecule has 0 aliphatic carbocycles. The number of para-hydroxylation sites is 1. The molecule has 5 atom stereocenters. The van der Waals surface area contributed by atoms with Crippen molar-refractivity contribution < 1.29 is 24.2 Å². The predicted octanol–water partition coefficient (Wildman–Crippen LogP) is 6.96. The first-order valence-electron chi connectivity index (χ1n) is 20.0. The normalized spacial score (nSPS) is 23.7. The maximum atomic E-state index is 15.4. The highest BCUT2D eigenvalue weighted by Gasteiger charge is 2.66. The van der Waals surface area contributed by atoms with Crippen LogP contribution in [0, 0.1) is 5.92 Å². The van der Waals surface area contributed by atoms with Crippen LogP contribution in [0.3, 0.4) is 0 Å². The second-order valence-corrected chi connectivity index (χ2v) is 21.4. The second-order valence-electron chi connectivity index (χ2n) is 16.7. The van der Waals surface area contributed by atoms with Gasteiger partial charge in [-0.2, -0.15) is 0 Å². The lowest BCUT2D eigenvalue weighted by Crippen LogP contribution is -2.52. The first kappa shape index (κ1) is 39.5. The highest BCUT2D eigenvalue weighted by atomic mass is 28.3. The molecule has 10 nitrogen and oxygen atoms in total. The average Bonchev–Trinajstić information content (AvgIpc) is 3.93. The van der Waals surface area contributed by atoms with Crippen molar-refractivity contribution in [2.75, 3.05) is 31.7 Å². The average molecular weight is 777 g/mol. The van der Waals surface area contributed by atoms with Crippen molar-refractivity contribution in [2.24, 2.45) is 5.92 Å². The Morgan fingerprint density at radius 2 is 1.80 bits per heavy atom. The Labute approximate surface area is 330 Å². The van der Waals surface area contributed by atoms with E-state index in [0.717, 1.165) is 42.6 Å². The molecule has 7 rings (SSSR count). The summed E-state index contributed by atoms with van der Waals surface area (Å²) in [5.41, 5.74) is 3.53. The number of amides is 2. The molecule has 56 heavy (non-hydrogen) atoms. The molecule has 0 radical (unpaired) electrons. The van der Waals surface area contributed by atoms with Gasteiger partial charge in [0, 0.05) is 24.6 Å². The van der Waals surface area contributed by atoms with Crippen LogP contribution in [0.15, 0.2) is 94.8 Å². The molecule has 0 saturated carbocycles. The number of nitrogens with zero attached hydrogens (tertiary/aromatic N) is 3. The topological polar surface area (TPSA) is 117 Å². The molecular weight excluding hydrogens is 721 g/mol. The monoisotopic (exact) mass is 776 g/mol. The standard InChI is InChI=1S/C45H56N4O6Si/c1-29(2)12-10-13-30(3)23-25-48-39-22-17-32(49-43(52)36-15-8-9-16-38(36)46-49)26-37(39)45(44(48)53)31(4)42(56(6,7)35-20-18-34(54-5)19-21-35)40(55-45)27-41(51)47-24-11-14-33(47)28-50/h8-9,12,15-23,26,31,33,40,42,46,50H,10-11,13-14,24-25,27-28H2,1-7H3/b30-23+/t31-,33+,40+,42-,45+/m1/s1. The largest absolute Gasteiger partial charge is 0.497 e. The molecule has 1 aromatic heterocycles. The summed E-state index contributed by atoms with van der Waals surface area (Å²) >= 11 is 0. The Balaban J connectivity index is 1.36. The molecule has 3 aromatic carbocycles. The number of hydrogen-bond donors (Lipinski definition) is 2. The summed E-state index contributed by atoms with van der Waals surface area (Å²) in [5, 5.41) is 15.2. The fourth-order valence-corrected chi connectivity index (χ4v) is 13.7. The number of anilines is 1. The van der Waals surface area contributed by atoms with Gasteiger partial charge in [0.15, 0.2) is 5.60 Å². The molecule has 0 unspecified atom stereocenters. The summed E-state index contributed by atoms with van der Waals surface area (Å²) in [6.45, 7) is 13.9. The number of ether oxygens (including phenoxy) is 2. The number of rotatable bonds is 12. The van der Waals surface area contributed by atoms with Crippen LogP contribution < -0.4 is 20.4 Å². The number of carbonyl (C=O) groups is 2. The van der Waals surface area contributed by atoms with E-state index in [1.807, 2.05) is 53.4 Å². The quantitative estimate of drug-likeness (QED) is 0.119. The van der Waals surface area contributed by atoms with Crippen molar-refractivity contribution in [1.29, 1.82) is 0 Å². The molecule has 296 valence electrons.